The van der Waals surface area contributed by atoms with Crippen LogP contribution in [0.4, 0.5) is 5.69 Å². The van der Waals surface area contributed by atoms with Crippen molar-refractivity contribution in [1.82, 2.24) is 0 Å². The summed E-state index contributed by atoms with van der Waals surface area (Å²) in [4.78, 5) is 0. The summed E-state index contributed by atoms with van der Waals surface area (Å²) >= 11 is 0. The van der Waals surface area contributed by atoms with Gasteiger partial charge in [-0.15, -0.1) is 0 Å². The molecule has 1 aliphatic rings. The van der Waals surface area contributed by atoms with Gasteiger partial charge in [0, 0.05) is 11.2 Å². The quantitative estimate of drug-likeness (QED) is 0.574. The van der Waals surface area contributed by atoms with E-state index < -0.39 is 12.7 Å². The summed E-state index contributed by atoms with van der Waals surface area (Å²) in [5.74, 6) is 0.652. The third-order valence-electron chi connectivity index (χ3n) is 2.88. The number of rotatable bonds is 1. The Kier molecular flexibility index (Phi) is 2.47. The summed E-state index contributed by atoms with van der Waals surface area (Å²) in [7, 11) is -0.397. The van der Waals surface area contributed by atoms with Gasteiger partial charge in [0.15, 0.2) is 0 Å². The fourth-order valence-electron chi connectivity index (χ4n) is 1.67. The van der Waals surface area contributed by atoms with E-state index in [-0.39, 0.29) is 0 Å². The highest BCUT2D eigenvalue weighted by molar-refractivity contribution is 6.63. The number of aryl methyl sites for hydroxylation is 1. The van der Waals surface area contributed by atoms with E-state index in [4.69, 9.17) is 15.0 Å². The van der Waals surface area contributed by atoms with E-state index >= 15 is 0 Å². The highest BCUT2D eigenvalue weighted by Crippen LogP contribution is 2.29. The molecule has 2 N–H and O–H groups in total. The molecular formula is C12H16BNO2. The molecule has 0 unspecified atom stereocenters. The van der Waals surface area contributed by atoms with Crippen LogP contribution in [0.1, 0.15) is 19.4 Å². The number of anilines is 1. The Morgan fingerprint density at radius 3 is 2.62 bits per heavy atom. The Morgan fingerprint density at radius 1 is 1.38 bits per heavy atom. The molecule has 2 rings (SSSR count). The van der Waals surface area contributed by atoms with Crippen LogP contribution in [0, 0.1) is 6.92 Å². The maximum Gasteiger partial charge on any atom is 0.563 e. The van der Waals surface area contributed by atoms with Crippen LogP contribution in [0.25, 0.3) is 0 Å². The van der Waals surface area contributed by atoms with Gasteiger partial charge in [0.1, 0.15) is 5.60 Å². The Hall–Kier alpha value is -1.42. The van der Waals surface area contributed by atoms with Crippen LogP contribution in [-0.2, 0) is 9.31 Å². The molecule has 1 aromatic carbocycles. The van der Waals surface area contributed by atoms with Crippen molar-refractivity contribution in [2.24, 2.45) is 0 Å². The normalized spacial score (nSPS) is 18.7. The van der Waals surface area contributed by atoms with E-state index in [0.717, 1.165) is 11.0 Å². The zero-order chi connectivity index (χ0) is 11.9. The van der Waals surface area contributed by atoms with Gasteiger partial charge < -0.3 is 15.0 Å². The molecule has 1 saturated heterocycles. The first-order valence-corrected chi connectivity index (χ1v) is 5.30. The molecule has 1 aliphatic heterocycles. The molecule has 0 radical (unpaired) electrons. The number of hydrogen-bond donors (Lipinski definition) is 1. The van der Waals surface area contributed by atoms with Crippen LogP contribution in [0.2, 0.25) is 0 Å². The van der Waals surface area contributed by atoms with Crippen molar-refractivity contribution < 1.29 is 9.31 Å². The van der Waals surface area contributed by atoms with E-state index in [1.54, 1.807) is 0 Å². The smallest absolute Gasteiger partial charge is 0.534 e. The summed E-state index contributed by atoms with van der Waals surface area (Å²) in [6.45, 7) is 9.75. The van der Waals surface area contributed by atoms with Crippen molar-refractivity contribution in [3.05, 3.63) is 36.1 Å². The molecule has 1 heterocycles. The number of nitrogens with two attached hydrogens (primary N) is 1. The summed E-state index contributed by atoms with van der Waals surface area (Å²) < 4.78 is 11.4. The second-order valence-electron chi connectivity index (χ2n) is 4.62. The van der Waals surface area contributed by atoms with Crippen molar-refractivity contribution in [2.75, 3.05) is 5.73 Å². The minimum Gasteiger partial charge on any atom is -0.534 e. The van der Waals surface area contributed by atoms with Crippen LogP contribution in [0.3, 0.4) is 0 Å². The standard InChI is InChI=1S/C12H16BNO2/c1-8-5-6-10(14)7-11(8)13-15-9(2)12(3,4)16-13/h5-7H,2,14H2,1,3-4H3. The lowest BCUT2D eigenvalue weighted by molar-refractivity contribution is 0.173. The minimum atomic E-state index is -0.443. The molecule has 0 aromatic heterocycles. The van der Waals surface area contributed by atoms with Gasteiger partial charge in [-0.2, -0.15) is 0 Å². The average molecular weight is 217 g/mol. The zero-order valence-electron chi connectivity index (χ0n) is 9.91. The molecule has 1 aromatic rings. The van der Waals surface area contributed by atoms with Crippen molar-refractivity contribution in [2.45, 2.75) is 26.4 Å². The van der Waals surface area contributed by atoms with Crippen LogP contribution in [0.15, 0.2) is 30.5 Å². The zero-order valence-corrected chi connectivity index (χ0v) is 9.91. The van der Waals surface area contributed by atoms with Gasteiger partial charge in [0.05, 0.1) is 5.76 Å². The SMILES string of the molecule is C=C1OB(c2cc(N)ccc2C)OC1(C)C. The van der Waals surface area contributed by atoms with Crippen LogP contribution >= 0.6 is 0 Å². The molecule has 3 nitrogen and oxygen atoms in total. The highest BCUT2D eigenvalue weighted by atomic mass is 16.7. The van der Waals surface area contributed by atoms with Crippen LogP contribution in [0.5, 0.6) is 0 Å². The number of nitrogen functional groups attached to an aromatic ring is 1. The molecule has 0 atom stereocenters. The van der Waals surface area contributed by atoms with Gasteiger partial charge in [-0.1, -0.05) is 12.6 Å². The molecule has 0 spiro atoms. The molecule has 84 valence electrons. The van der Waals surface area contributed by atoms with Gasteiger partial charge >= 0.3 is 7.12 Å². The first-order valence-electron chi connectivity index (χ1n) is 5.30. The molecule has 0 amide bonds. The fraction of sp³-hybridized carbons (Fsp3) is 0.333. The summed E-state index contributed by atoms with van der Waals surface area (Å²) in [6.07, 6.45) is 0. The van der Waals surface area contributed by atoms with Crippen LogP contribution in [-0.4, -0.2) is 12.7 Å². The summed E-state index contributed by atoms with van der Waals surface area (Å²) in [6, 6.07) is 5.72. The lowest BCUT2D eigenvalue weighted by Gasteiger charge is -2.15. The molecular weight excluding hydrogens is 201 g/mol. The molecule has 4 heteroatoms. The van der Waals surface area contributed by atoms with Crippen molar-refractivity contribution in [3.63, 3.8) is 0 Å². The monoisotopic (exact) mass is 217 g/mol. The summed E-state index contributed by atoms with van der Waals surface area (Å²) in [5, 5.41) is 0. The van der Waals surface area contributed by atoms with Crippen molar-refractivity contribution >= 4 is 18.3 Å². The van der Waals surface area contributed by atoms with Gasteiger partial charge in [-0.3, -0.25) is 0 Å². The van der Waals surface area contributed by atoms with Gasteiger partial charge in [-0.25, -0.2) is 0 Å². The maximum absolute atomic E-state index is 5.81. The number of benzene rings is 1. The van der Waals surface area contributed by atoms with Crippen LogP contribution < -0.4 is 11.2 Å². The largest absolute Gasteiger partial charge is 0.563 e. The van der Waals surface area contributed by atoms with Crippen molar-refractivity contribution in [3.8, 4) is 0 Å². The van der Waals surface area contributed by atoms with E-state index in [1.165, 1.54) is 0 Å². The molecule has 0 bridgehead atoms. The van der Waals surface area contributed by atoms with E-state index in [2.05, 4.69) is 6.58 Å². The topological polar surface area (TPSA) is 44.5 Å². The minimum absolute atomic E-state index is 0.397. The maximum atomic E-state index is 5.81. The molecule has 1 fully saturated rings. The first kappa shape index (κ1) is 11.1. The third kappa shape index (κ3) is 1.81. The Morgan fingerprint density at radius 2 is 2.06 bits per heavy atom. The van der Waals surface area contributed by atoms with Crippen molar-refractivity contribution in [1.29, 1.82) is 0 Å². The summed E-state index contributed by atoms with van der Waals surface area (Å²) in [5.41, 5.74) is 8.10. The first-order chi connectivity index (χ1) is 7.40. The highest BCUT2D eigenvalue weighted by Gasteiger charge is 2.43. The predicted octanol–water partition coefficient (Wildman–Crippen LogP) is 1.61. The molecule has 0 aliphatic carbocycles. The average Bonchev–Trinajstić information content (AvgIpc) is 2.45. The van der Waals surface area contributed by atoms with E-state index in [1.807, 2.05) is 39.0 Å². The lowest BCUT2D eigenvalue weighted by atomic mass is 9.76. The Balaban J connectivity index is 2.33. The van der Waals surface area contributed by atoms with Gasteiger partial charge in [0.2, 0.25) is 0 Å². The third-order valence-corrected chi connectivity index (χ3v) is 2.88. The fourth-order valence-corrected chi connectivity index (χ4v) is 1.67. The van der Waals surface area contributed by atoms with Gasteiger partial charge in [-0.05, 0) is 38.5 Å². The van der Waals surface area contributed by atoms with E-state index in [9.17, 15) is 0 Å². The lowest BCUT2D eigenvalue weighted by Crippen LogP contribution is -2.36. The Labute approximate surface area is 96.4 Å². The predicted molar refractivity (Wildman–Crippen MR) is 66.4 cm³/mol. The van der Waals surface area contributed by atoms with E-state index in [0.29, 0.717) is 11.4 Å². The number of hydrogen-bond acceptors (Lipinski definition) is 3. The molecule has 0 saturated carbocycles. The Bertz CT molecular complexity index is 443. The molecule has 16 heavy (non-hydrogen) atoms. The van der Waals surface area contributed by atoms with Gasteiger partial charge in [0.25, 0.3) is 0 Å². The second kappa shape index (κ2) is 3.56. The second-order valence-corrected chi connectivity index (χ2v) is 4.62.